The van der Waals surface area contributed by atoms with Crippen LogP contribution in [-0.2, 0) is 0 Å². The van der Waals surface area contributed by atoms with E-state index in [0.717, 1.165) is 12.8 Å². The average molecular weight is 352 g/mol. The van der Waals surface area contributed by atoms with Crippen LogP contribution in [0.4, 0.5) is 5.69 Å². The maximum absolute atomic E-state index is 12.3. The normalized spacial score (nSPS) is 14.5. The van der Waals surface area contributed by atoms with E-state index in [4.69, 9.17) is 4.74 Å². The van der Waals surface area contributed by atoms with E-state index in [1.165, 1.54) is 19.3 Å². The minimum absolute atomic E-state index is 0.0510. The number of hydrogen-bond acceptors (Lipinski definition) is 3. The summed E-state index contributed by atoms with van der Waals surface area (Å²) in [4.78, 5) is 24.6. The van der Waals surface area contributed by atoms with Crippen LogP contribution in [0.25, 0.3) is 0 Å². The topological polar surface area (TPSA) is 67.4 Å². The van der Waals surface area contributed by atoms with Crippen molar-refractivity contribution < 1.29 is 14.3 Å². The van der Waals surface area contributed by atoms with E-state index in [1.54, 1.807) is 55.6 Å². The largest absolute Gasteiger partial charge is 0.497 e. The van der Waals surface area contributed by atoms with Crippen LogP contribution in [0.2, 0.25) is 0 Å². The smallest absolute Gasteiger partial charge is 0.255 e. The molecule has 2 aromatic carbocycles. The molecule has 1 saturated carbocycles. The highest BCUT2D eigenvalue weighted by atomic mass is 16.5. The van der Waals surface area contributed by atoms with E-state index in [2.05, 4.69) is 10.6 Å². The van der Waals surface area contributed by atoms with Gasteiger partial charge >= 0.3 is 0 Å². The molecule has 136 valence electrons. The third kappa shape index (κ3) is 4.63. The molecule has 1 aliphatic carbocycles. The van der Waals surface area contributed by atoms with Gasteiger partial charge in [-0.15, -0.1) is 0 Å². The molecule has 0 aliphatic heterocycles. The first kappa shape index (κ1) is 18.0. The zero-order chi connectivity index (χ0) is 18.4. The fraction of sp³-hybridized carbons (Fsp3) is 0.333. The van der Waals surface area contributed by atoms with Crippen molar-refractivity contribution in [2.45, 2.75) is 38.1 Å². The first-order valence-electron chi connectivity index (χ1n) is 9.02. The molecular weight excluding hydrogens is 328 g/mol. The lowest BCUT2D eigenvalue weighted by Crippen LogP contribution is -2.36. The summed E-state index contributed by atoms with van der Waals surface area (Å²) >= 11 is 0. The quantitative estimate of drug-likeness (QED) is 0.854. The Morgan fingerprint density at radius 1 is 0.846 bits per heavy atom. The van der Waals surface area contributed by atoms with Gasteiger partial charge in [0.2, 0.25) is 0 Å². The molecule has 2 aromatic rings. The molecule has 2 amide bonds. The zero-order valence-electron chi connectivity index (χ0n) is 15.0. The van der Waals surface area contributed by atoms with E-state index < -0.39 is 0 Å². The summed E-state index contributed by atoms with van der Waals surface area (Å²) in [6.07, 6.45) is 5.74. The van der Waals surface area contributed by atoms with Crippen molar-refractivity contribution in [1.29, 1.82) is 0 Å². The van der Waals surface area contributed by atoms with Crippen molar-refractivity contribution in [2.75, 3.05) is 12.4 Å². The Morgan fingerprint density at radius 2 is 1.42 bits per heavy atom. The summed E-state index contributed by atoms with van der Waals surface area (Å²) in [6.45, 7) is 0. The van der Waals surface area contributed by atoms with Crippen molar-refractivity contribution in [3.05, 3.63) is 59.7 Å². The van der Waals surface area contributed by atoms with E-state index >= 15 is 0 Å². The van der Waals surface area contributed by atoms with Crippen molar-refractivity contribution >= 4 is 17.5 Å². The minimum atomic E-state index is -0.202. The van der Waals surface area contributed by atoms with Gasteiger partial charge in [0.1, 0.15) is 5.75 Å². The number of anilines is 1. The highest BCUT2D eigenvalue weighted by Crippen LogP contribution is 2.18. The molecule has 5 heteroatoms. The number of benzene rings is 2. The van der Waals surface area contributed by atoms with Gasteiger partial charge in [-0.05, 0) is 61.4 Å². The number of nitrogens with one attached hydrogen (secondary N) is 2. The number of ether oxygens (including phenoxy) is 1. The number of methoxy groups -OCH3 is 1. The molecule has 0 heterocycles. The van der Waals surface area contributed by atoms with Crippen LogP contribution in [0.3, 0.4) is 0 Å². The summed E-state index contributed by atoms with van der Waals surface area (Å²) in [6, 6.07) is 14.2. The van der Waals surface area contributed by atoms with Gasteiger partial charge in [0, 0.05) is 22.9 Å². The van der Waals surface area contributed by atoms with Crippen molar-refractivity contribution in [3.63, 3.8) is 0 Å². The molecule has 5 nitrogen and oxygen atoms in total. The van der Waals surface area contributed by atoms with Crippen molar-refractivity contribution in [2.24, 2.45) is 0 Å². The highest BCUT2D eigenvalue weighted by molar-refractivity contribution is 6.04. The van der Waals surface area contributed by atoms with Crippen LogP contribution in [0, 0.1) is 0 Å². The van der Waals surface area contributed by atoms with Gasteiger partial charge in [-0.3, -0.25) is 9.59 Å². The number of carbonyl (C=O) groups is 2. The second kappa shape index (κ2) is 8.52. The molecule has 0 unspecified atom stereocenters. The molecule has 0 aromatic heterocycles. The third-order valence-corrected chi connectivity index (χ3v) is 4.70. The van der Waals surface area contributed by atoms with Crippen LogP contribution in [0.1, 0.15) is 52.8 Å². The summed E-state index contributed by atoms with van der Waals surface area (Å²) < 4.78 is 5.09. The van der Waals surface area contributed by atoms with Gasteiger partial charge in [0.15, 0.2) is 0 Å². The van der Waals surface area contributed by atoms with Gasteiger partial charge < -0.3 is 15.4 Å². The van der Waals surface area contributed by atoms with Gasteiger partial charge in [0.25, 0.3) is 11.8 Å². The Bertz CT molecular complexity index is 748. The predicted molar refractivity (Wildman–Crippen MR) is 102 cm³/mol. The molecule has 0 bridgehead atoms. The molecule has 0 spiro atoms. The Labute approximate surface area is 153 Å². The maximum atomic E-state index is 12.3. The van der Waals surface area contributed by atoms with Crippen LogP contribution in [0.15, 0.2) is 48.5 Å². The van der Waals surface area contributed by atoms with Crippen LogP contribution in [-0.4, -0.2) is 25.0 Å². The molecule has 2 N–H and O–H groups in total. The zero-order valence-corrected chi connectivity index (χ0v) is 15.0. The Morgan fingerprint density at radius 3 is 2.04 bits per heavy atom. The molecule has 26 heavy (non-hydrogen) atoms. The fourth-order valence-electron chi connectivity index (χ4n) is 3.17. The lowest BCUT2D eigenvalue weighted by atomic mass is 9.95. The van der Waals surface area contributed by atoms with Crippen molar-refractivity contribution in [1.82, 2.24) is 5.32 Å². The minimum Gasteiger partial charge on any atom is -0.497 e. The number of amides is 2. The first-order valence-corrected chi connectivity index (χ1v) is 9.02. The van der Waals surface area contributed by atoms with E-state index in [0.29, 0.717) is 22.6 Å². The number of hydrogen-bond donors (Lipinski definition) is 2. The Balaban J connectivity index is 1.57. The monoisotopic (exact) mass is 352 g/mol. The standard InChI is InChI=1S/C21H24N2O3/c1-26-19-13-9-16(10-14-19)21(25)23-18-11-7-15(8-12-18)20(24)22-17-5-3-2-4-6-17/h7-14,17H,2-6H2,1H3,(H,22,24)(H,23,25). The van der Waals surface area contributed by atoms with Crippen molar-refractivity contribution in [3.8, 4) is 5.75 Å². The van der Waals surface area contributed by atoms with Gasteiger partial charge in [-0.25, -0.2) is 0 Å². The molecule has 1 fully saturated rings. The molecule has 0 saturated heterocycles. The summed E-state index contributed by atoms with van der Waals surface area (Å²) in [7, 11) is 1.58. The summed E-state index contributed by atoms with van der Waals surface area (Å²) in [5, 5.41) is 5.93. The number of carbonyl (C=O) groups excluding carboxylic acids is 2. The summed E-state index contributed by atoms with van der Waals surface area (Å²) in [5.74, 6) is 0.451. The van der Waals surface area contributed by atoms with Crippen LogP contribution >= 0.6 is 0 Å². The molecule has 0 radical (unpaired) electrons. The fourth-order valence-corrected chi connectivity index (χ4v) is 3.17. The molecule has 1 aliphatic rings. The van der Waals surface area contributed by atoms with E-state index in [1.807, 2.05) is 0 Å². The number of rotatable bonds is 5. The highest BCUT2D eigenvalue weighted by Gasteiger charge is 2.16. The third-order valence-electron chi connectivity index (χ3n) is 4.70. The molecule has 3 rings (SSSR count). The average Bonchev–Trinajstić information content (AvgIpc) is 2.69. The van der Waals surface area contributed by atoms with E-state index in [-0.39, 0.29) is 17.9 Å². The van der Waals surface area contributed by atoms with Crippen LogP contribution < -0.4 is 15.4 Å². The second-order valence-electron chi connectivity index (χ2n) is 6.57. The van der Waals surface area contributed by atoms with Gasteiger partial charge in [-0.1, -0.05) is 19.3 Å². The molecular formula is C21H24N2O3. The van der Waals surface area contributed by atoms with E-state index in [9.17, 15) is 9.59 Å². The Kier molecular flexibility index (Phi) is 5.89. The second-order valence-corrected chi connectivity index (χ2v) is 6.57. The van der Waals surface area contributed by atoms with Gasteiger partial charge in [-0.2, -0.15) is 0 Å². The predicted octanol–water partition coefficient (Wildman–Crippen LogP) is 4.01. The SMILES string of the molecule is COc1ccc(C(=O)Nc2ccc(C(=O)NC3CCCCC3)cc2)cc1. The lowest BCUT2D eigenvalue weighted by molar-refractivity contribution is 0.0927. The maximum Gasteiger partial charge on any atom is 0.255 e. The lowest BCUT2D eigenvalue weighted by Gasteiger charge is -2.22. The summed E-state index contributed by atoms with van der Waals surface area (Å²) in [5.41, 5.74) is 1.81. The van der Waals surface area contributed by atoms with Gasteiger partial charge in [0.05, 0.1) is 7.11 Å². The molecule has 0 atom stereocenters. The Hall–Kier alpha value is -2.82. The first-order chi connectivity index (χ1) is 12.7. The van der Waals surface area contributed by atoms with Crippen LogP contribution in [0.5, 0.6) is 5.75 Å².